The lowest BCUT2D eigenvalue weighted by Crippen LogP contribution is -2.42. The van der Waals surface area contributed by atoms with Crippen LogP contribution in [-0.4, -0.2) is 24.6 Å². The van der Waals surface area contributed by atoms with E-state index in [2.05, 4.69) is 26.6 Å². The normalized spacial score (nSPS) is 12.2. The van der Waals surface area contributed by atoms with Gasteiger partial charge in [0.15, 0.2) is 0 Å². The highest BCUT2D eigenvalue weighted by Gasteiger charge is 2.16. The summed E-state index contributed by atoms with van der Waals surface area (Å²) in [7, 11) is 0. The number of ether oxygens (including phenoxy) is 1. The summed E-state index contributed by atoms with van der Waals surface area (Å²) in [4.78, 5) is 23.9. The second-order valence-electron chi connectivity index (χ2n) is 6.52. The Balaban J connectivity index is 0.00000420. The number of carbonyl (C=O) groups is 2. The van der Waals surface area contributed by atoms with Crippen molar-refractivity contribution in [2.75, 3.05) is 6.54 Å². The zero-order chi connectivity index (χ0) is 20.4. The van der Waals surface area contributed by atoms with Crippen molar-refractivity contribution in [1.82, 2.24) is 10.6 Å². The van der Waals surface area contributed by atoms with Gasteiger partial charge in [0.1, 0.15) is 6.61 Å². The molecule has 4 N–H and O–H groups in total. The van der Waals surface area contributed by atoms with E-state index in [9.17, 15) is 9.59 Å². The molecule has 0 aliphatic heterocycles. The van der Waals surface area contributed by atoms with Crippen molar-refractivity contribution in [3.8, 4) is 0 Å². The van der Waals surface area contributed by atoms with Gasteiger partial charge in [-0.2, -0.15) is 0 Å². The summed E-state index contributed by atoms with van der Waals surface area (Å²) in [6.07, 6.45) is 0.574. The average molecular weight is 485 g/mol. The van der Waals surface area contributed by atoms with E-state index in [4.69, 9.17) is 10.5 Å². The molecule has 2 atom stereocenters. The molecule has 0 saturated heterocycles. The summed E-state index contributed by atoms with van der Waals surface area (Å²) in [6.45, 7) is 2.54. The lowest BCUT2D eigenvalue weighted by Gasteiger charge is -2.18. The number of nitrogens with one attached hydrogen (secondary N) is 2. The van der Waals surface area contributed by atoms with Crippen molar-refractivity contribution in [3.63, 3.8) is 0 Å². The van der Waals surface area contributed by atoms with Gasteiger partial charge in [-0.25, -0.2) is 4.79 Å². The maximum atomic E-state index is 12.2. The highest BCUT2D eigenvalue weighted by Crippen LogP contribution is 2.16. The van der Waals surface area contributed by atoms with Crippen LogP contribution in [0.15, 0.2) is 59.1 Å². The van der Waals surface area contributed by atoms with Gasteiger partial charge in [0, 0.05) is 11.0 Å². The maximum absolute atomic E-state index is 12.2. The van der Waals surface area contributed by atoms with E-state index < -0.39 is 12.1 Å². The van der Waals surface area contributed by atoms with Gasteiger partial charge in [-0.05, 0) is 43.0 Å². The highest BCUT2D eigenvalue weighted by atomic mass is 79.9. The van der Waals surface area contributed by atoms with E-state index in [1.54, 1.807) is 0 Å². The van der Waals surface area contributed by atoms with Gasteiger partial charge >= 0.3 is 6.09 Å². The fraction of sp³-hybridized carbons (Fsp3) is 0.333. The molecule has 158 valence electrons. The van der Waals surface area contributed by atoms with E-state index in [-0.39, 0.29) is 31.0 Å². The standard InChI is InChI=1S/C21H26BrN3O3.ClH/c1-15(17-9-11-18(22)12-10-17)25-20(26)19(23)8-5-13-24-21(27)28-14-16-6-3-2-4-7-16;/h2-4,6-7,9-12,15,19H,5,8,13-14,23H2,1H3,(H,24,27)(H,25,26);1H/t15-,19+;/m1./s1. The van der Waals surface area contributed by atoms with Gasteiger partial charge < -0.3 is 21.1 Å². The Hall–Kier alpha value is -2.09. The smallest absolute Gasteiger partial charge is 0.407 e. The number of benzene rings is 2. The van der Waals surface area contributed by atoms with Gasteiger partial charge in [-0.15, -0.1) is 12.4 Å². The van der Waals surface area contributed by atoms with Crippen molar-refractivity contribution >= 4 is 40.3 Å². The summed E-state index contributed by atoms with van der Waals surface area (Å²) in [6, 6.07) is 16.5. The Morgan fingerprint density at radius 2 is 1.76 bits per heavy atom. The molecular formula is C21H27BrClN3O3. The zero-order valence-electron chi connectivity index (χ0n) is 16.3. The van der Waals surface area contributed by atoms with Crippen molar-refractivity contribution < 1.29 is 14.3 Å². The molecule has 0 spiro atoms. The molecule has 2 aromatic rings. The second kappa shape index (κ2) is 13.2. The van der Waals surface area contributed by atoms with Crippen LogP contribution < -0.4 is 16.4 Å². The average Bonchev–Trinajstić information content (AvgIpc) is 2.70. The molecule has 0 aromatic heterocycles. The van der Waals surface area contributed by atoms with Crippen LogP contribution in [0.5, 0.6) is 0 Å². The lowest BCUT2D eigenvalue weighted by molar-refractivity contribution is -0.123. The summed E-state index contributed by atoms with van der Waals surface area (Å²) in [5.41, 5.74) is 7.89. The molecule has 2 amide bonds. The molecule has 6 nitrogen and oxygen atoms in total. The van der Waals surface area contributed by atoms with Gasteiger partial charge in [-0.1, -0.05) is 58.4 Å². The minimum absolute atomic E-state index is 0. The monoisotopic (exact) mass is 483 g/mol. The van der Waals surface area contributed by atoms with Crippen molar-refractivity contribution in [2.45, 2.75) is 38.5 Å². The van der Waals surface area contributed by atoms with Gasteiger partial charge in [-0.3, -0.25) is 4.79 Å². The second-order valence-corrected chi connectivity index (χ2v) is 7.43. The van der Waals surface area contributed by atoms with Gasteiger partial charge in [0.05, 0.1) is 12.1 Å². The molecule has 0 radical (unpaired) electrons. The summed E-state index contributed by atoms with van der Waals surface area (Å²) in [5.74, 6) is -0.206. The Labute approximate surface area is 186 Å². The predicted molar refractivity (Wildman–Crippen MR) is 120 cm³/mol. The first-order valence-corrected chi connectivity index (χ1v) is 10.0. The molecule has 0 heterocycles. The Morgan fingerprint density at radius 1 is 1.10 bits per heavy atom. The first kappa shape index (κ1) is 24.9. The Bertz CT molecular complexity index is 760. The van der Waals surface area contributed by atoms with Crippen molar-refractivity contribution in [1.29, 1.82) is 0 Å². The first-order chi connectivity index (χ1) is 13.5. The molecular weight excluding hydrogens is 458 g/mol. The fourth-order valence-electron chi connectivity index (χ4n) is 2.57. The Morgan fingerprint density at radius 3 is 2.41 bits per heavy atom. The van der Waals surface area contributed by atoms with Crippen LogP contribution in [0.3, 0.4) is 0 Å². The number of nitrogens with two attached hydrogens (primary N) is 1. The number of alkyl carbamates (subject to hydrolysis) is 1. The lowest BCUT2D eigenvalue weighted by atomic mass is 10.1. The number of hydrogen-bond donors (Lipinski definition) is 3. The third kappa shape index (κ3) is 9.30. The first-order valence-electron chi connectivity index (χ1n) is 9.21. The number of carbonyl (C=O) groups excluding carboxylic acids is 2. The summed E-state index contributed by atoms with van der Waals surface area (Å²) >= 11 is 3.39. The molecule has 0 aliphatic carbocycles. The zero-order valence-corrected chi connectivity index (χ0v) is 18.7. The van der Waals surface area contributed by atoms with Gasteiger partial charge in [0.2, 0.25) is 5.91 Å². The van der Waals surface area contributed by atoms with Crippen molar-refractivity contribution in [2.24, 2.45) is 5.73 Å². The molecule has 0 saturated carbocycles. The number of rotatable bonds is 9. The Kier molecular flexibility index (Phi) is 11.3. The summed E-state index contributed by atoms with van der Waals surface area (Å²) in [5, 5.41) is 5.58. The van der Waals surface area contributed by atoms with Crippen LogP contribution in [0.25, 0.3) is 0 Å². The number of halogens is 2. The van der Waals surface area contributed by atoms with Crippen LogP contribution in [-0.2, 0) is 16.1 Å². The number of hydrogen-bond acceptors (Lipinski definition) is 4. The largest absolute Gasteiger partial charge is 0.445 e. The third-order valence-electron chi connectivity index (χ3n) is 4.24. The fourth-order valence-corrected chi connectivity index (χ4v) is 2.84. The van der Waals surface area contributed by atoms with Crippen LogP contribution >= 0.6 is 28.3 Å². The van der Waals surface area contributed by atoms with Crippen molar-refractivity contribution in [3.05, 3.63) is 70.2 Å². The SMILES string of the molecule is C[C@@H](NC(=O)[C@@H](N)CCCNC(=O)OCc1ccccc1)c1ccc(Br)cc1.Cl. The molecule has 8 heteroatoms. The van der Waals surface area contributed by atoms with E-state index in [0.29, 0.717) is 19.4 Å². The van der Waals surface area contributed by atoms with E-state index in [1.807, 2.05) is 61.5 Å². The van der Waals surface area contributed by atoms with Gasteiger partial charge in [0.25, 0.3) is 0 Å². The molecule has 0 bridgehead atoms. The number of amides is 2. The molecule has 0 fully saturated rings. The molecule has 0 aliphatic rings. The summed E-state index contributed by atoms with van der Waals surface area (Å²) < 4.78 is 6.12. The molecule has 2 rings (SSSR count). The minimum atomic E-state index is -0.625. The maximum Gasteiger partial charge on any atom is 0.407 e. The van der Waals surface area contributed by atoms with Crippen LogP contribution in [0.4, 0.5) is 4.79 Å². The highest BCUT2D eigenvalue weighted by molar-refractivity contribution is 9.10. The van der Waals surface area contributed by atoms with Crippen LogP contribution in [0, 0.1) is 0 Å². The minimum Gasteiger partial charge on any atom is -0.445 e. The predicted octanol–water partition coefficient (Wildman–Crippen LogP) is 4.08. The molecule has 0 unspecified atom stereocenters. The van der Waals surface area contributed by atoms with E-state index in [1.165, 1.54) is 0 Å². The van der Waals surface area contributed by atoms with E-state index >= 15 is 0 Å². The quantitative estimate of drug-likeness (QED) is 0.468. The topological polar surface area (TPSA) is 93.5 Å². The van der Waals surface area contributed by atoms with Crippen LogP contribution in [0.1, 0.15) is 36.9 Å². The van der Waals surface area contributed by atoms with Crippen LogP contribution in [0.2, 0.25) is 0 Å². The molecule has 29 heavy (non-hydrogen) atoms. The third-order valence-corrected chi connectivity index (χ3v) is 4.77. The van der Waals surface area contributed by atoms with E-state index in [0.717, 1.165) is 15.6 Å². The molecule has 2 aromatic carbocycles.